The van der Waals surface area contributed by atoms with E-state index >= 15 is 8.78 Å². The summed E-state index contributed by atoms with van der Waals surface area (Å²) in [5.41, 5.74) is -0.804. The number of carbonyl (C=O) groups is 2. The average molecular weight is 758 g/mol. The number of pyridine rings is 3. The van der Waals surface area contributed by atoms with Crippen LogP contribution in [0, 0.1) is 11.6 Å². The van der Waals surface area contributed by atoms with Crippen LogP contribution >= 0.6 is 0 Å². The molecule has 0 unspecified atom stereocenters. The van der Waals surface area contributed by atoms with Crippen molar-refractivity contribution in [2.24, 2.45) is 7.05 Å². The molecular weight excluding hydrogens is 728 g/mol. The second-order valence-corrected chi connectivity index (χ2v) is 13.4. The molecule has 6 rings (SSSR count). The molecule has 0 bridgehead atoms. The average Bonchev–Trinajstić information content (AvgIpc) is 3.16. The first kappa shape index (κ1) is 37.1. The number of benzene rings is 2. The standard InChI is InChI=1S/C36H29F2N7O8S/c1-44-31-20-40-13-10-26(31)34(48)45(36(44)50)24-4-2-21(3-5-24)16-30(35(49)53-15-14-46)42-33(47)32-27(37)17-23(18-28(32)38)43-54(51,52)25-6-7-29(41-19-25)22-8-11-39-12-9-22/h2-13,17-20,30,43,46H,14-16H2,1H3,(H,42,47)/t30-/m0/s1. The van der Waals surface area contributed by atoms with Crippen LogP contribution in [-0.2, 0) is 33.0 Å². The number of sulfonamides is 1. The number of fused-ring (bicyclic) bond motifs is 1. The zero-order valence-corrected chi connectivity index (χ0v) is 29.0. The molecule has 276 valence electrons. The number of halogens is 2. The van der Waals surface area contributed by atoms with E-state index in [1.54, 1.807) is 24.5 Å². The Labute approximate surface area is 304 Å². The van der Waals surface area contributed by atoms with Crippen LogP contribution in [0.15, 0.2) is 112 Å². The quantitative estimate of drug-likeness (QED) is 0.155. The number of aliphatic hydroxyl groups is 1. The summed E-state index contributed by atoms with van der Waals surface area (Å²) in [7, 11) is -2.88. The molecular formula is C36H29F2N7O8S. The number of nitrogens with one attached hydrogen (secondary N) is 2. The minimum atomic E-state index is -4.37. The lowest BCUT2D eigenvalue weighted by Crippen LogP contribution is -2.44. The summed E-state index contributed by atoms with van der Waals surface area (Å²) in [5.74, 6) is -5.29. The predicted molar refractivity (Wildman–Crippen MR) is 190 cm³/mol. The highest BCUT2D eigenvalue weighted by Crippen LogP contribution is 2.24. The molecule has 0 saturated carbocycles. The molecule has 1 atom stereocenters. The van der Waals surface area contributed by atoms with Gasteiger partial charge in [0.05, 0.1) is 40.8 Å². The Morgan fingerprint density at radius 3 is 2.26 bits per heavy atom. The Bertz CT molecular complexity index is 2580. The van der Waals surface area contributed by atoms with Crippen LogP contribution in [-0.4, -0.2) is 68.7 Å². The Hall–Kier alpha value is -6.66. The molecule has 0 aliphatic rings. The maximum absolute atomic E-state index is 15.3. The SMILES string of the molecule is Cn1c(=O)n(-c2ccc(C[C@H](NC(=O)c3c(F)cc(NS(=O)(=O)c4ccc(-c5ccncc5)nc4)cc3F)C(=O)OCCO)cc2)c(=O)c2ccncc21. The number of aliphatic hydroxyl groups excluding tert-OH is 1. The largest absolute Gasteiger partial charge is 0.462 e. The van der Waals surface area contributed by atoms with E-state index < -0.39 is 75.3 Å². The lowest BCUT2D eigenvalue weighted by atomic mass is 10.0. The highest BCUT2D eigenvalue weighted by Gasteiger charge is 2.28. The Kier molecular flexibility index (Phi) is 10.7. The number of hydrogen-bond donors (Lipinski definition) is 3. The molecule has 0 fully saturated rings. The van der Waals surface area contributed by atoms with Crippen LogP contribution in [0.1, 0.15) is 15.9 Å². The van der Waals surface area contributed by atoms with Crippen molar-refractivity contribution < 1.29 is 36.6 Å². The van der Waals surface area contributed by atoms with E-state index in [0.29, 0.717) is 34.5 Å². The van der Waals surface area contributed by atoms with E-state index in [2.05, 4.69) is 25.0 Å². The number of hydrogen-bond acceptors (Lipinski definition) is 11. The molecule has 0 radical (unpaired) electrons. The Balaban J connectivity index is 1.20. The normalized spacial score (nSPS) is 11.9. The lowest BCUT2D eigenvalue weighted by molar-refractivity contribution is -0.146. The van der Waals surface area contributed by atoms with Gasteiger partial charge in [-0.2, -0.15) is 0 Å². The van der Waals surface area contributed by atoms with Gasteiger partial charge in [0.2, 0.25) is 0 Å². The minimum Gasteiger partial charge on any atom is -0.462 e. The molecule has 0 aliphatic carbocycles. The van der Waals surface area contributed by atoms with Crippen LogP contribution < -0.4 is 21.3 Å². The maximum atomic E-state index is 15.3. The van der Waals surface area contributed by atoms with Gasteiger partial charge in [0.15, 0.2) is 0 Å². The number of esters is 1. The lowest BCUT2D eigenvalue weighted by Gasteiger charge is -2.19. The molecule has 4 aromatic heterocycles. The molecule has 0 saturated heterocycles. The third-order valence-electron chi connectivity index (χ3n) is 8.18. The molecule has 1 amide bonds. The maximum Gasteiger partial charge on any atom is 0.335 e. The van der Waals surface area contributed by atoms with E-state index in [4.69, 9.17) is 9.84 Å². The summed E-state index contributed by atoms with van der Waals surface area (Å²) in [4.78, 5) is 64.0. The molecule has 2 aromatic carbocycles. The third kappa shape index (κ3) is 7.74. The van der Waals surface area contributed by atoms with Crippen molar-refractivity contribution in [1.82, 2.24) is 29.4 Å². The number of rotatable bonds is 12. The van der Waals surface area contributed by atoms with Gasteiger partial charge in [0.1, 0.15) is 34.7 Å². The zero-order valence-electron chi connectivity index (χ0n) is 28.1. The molecule has 15 nitrogen and oxygen atoms in total. The summed E-state index contributed by atoms with van der Waals surface area (Å²) in [5, 5.41) is 11.6. The fraction of sp³-hybridized carbons (Fsp3) is 0.139. The third-order valence-corrected chi connectivity index (χ3v) is 9.54. The molecule has 4 heterocycles. The van der Waals surface area contributed by atoms with Crippen molar-refractivity contribution >= 4 is 38.5 Å². The molecule has 18 heteroatoms. The topological polar surface area (TPSA) is 204 Å². The van der Waals surface area contributed by atoms with Gasteiger partial charge in [0.25, 0.3) is 21.5 Å². The van der Waals surface area contributed by atoms with Crippen molar-refractivity contribution in [1.29, 1.82) is 0 Å². The van der Waals surface area contributed by atoms with Gasteiger partial charge in [-0.15, -0.1) is 0 Å². The summed E-state index contributed by atoms with van der Waals surface area (Å²) in [6.07, 6.45) is 6.69. The number of nitrogens with zero attached hydrogens (tertiary/aromatic N) is 5. The molecule has 3 N–H and O–H groups in total. The van der Waals surface area contributed by atoms with Crippen LogP contribution in [0.5, 0.6) is 0 Å². The van der Waals surface area contributed by atoms with Gasteiger partial charge in [-0.3, -0.25) is 33.8 Å². The zero-order chi connectivity index (χ0) is 38.6. The second-order valence-electron chi connectivity index (χ2n) is 11.7. The van der Waals surface area contributed by atoms with E-state index in [1.807, 2.05) is 0 Å². The fourth-order valence-electron chi connectivity index (χ4n) is 5.51. The van der Waals surface area contributed by atoms with E-state index in [-0.39, 0.29) is 22.4 Å². The van der Waals surface area contributed by atoms with Crippen molar-refractivity contribution in [3.8, 4) is 16.9 Å². The fourth-order valence-corrected chi connectivity index (χ4v) is 6.49. The minimum absolute atomic E-state index is 0.199. The van der Waals surface area contributed by atoms with Crippen LogP contribution in [0.3, 0.4) is 0 Å². The number of anilines is 1. The number of carbonyl (C=O) groups excluding carboxylic acids is 2. The van der Waals surface area contributed by atoms with E-state index in [9.17, 15) is 27.6 Å². The van der Waals surface area contributed by atoms with Gasteiger partial charge >= 0.3 is 11.7 Å². The Morgan fingerprint density at radius 1 is 0.926 bits per heavy atom. The molecule has 0 spiro atoms. The van der Waals surface area contributed by atoms with Crippen molar-refractivity contribution in [2.45, 2.75) is 17.4 Å². The van der Waals surface area contributed by atoms with Gasteiger partial charge in [-0.25, -0.2) is 31.4 Å². The van der Waals surface area contributed by atoms with Crippen molar-refractivity contribution in [3.63, 3.8) is 0 Å². The molecule has 6 aromatic rings. The molecule has 54 heavy (non-hydrogen) atoms. The first-order valence-corrected chi connectivity index (χ1v) is 17.5. The first-order valence-electron chi connectivity index (χ1n) is 16.0. The van der Waals surface area contributed by atoms with Crippen LogP contribution in [0.4, 0.5) is 14.5 Å². The highest BCUT2D eigenvalue weighted by atomic mass is 32.2. The predicted octanol–water partition coefficient (Wildman–Crippen LogP) is 2.50. The van der Waals surface area contributed by atoms with Gasteiger partial charge in [0, 0.05) is 43.8 Å². The van der Waals surface area contributed by atoms with Gasteiger partial charge < -0.3 is 15.2 Å². The summed E-state index contributed by atoms with van der Waals surface area (Å²) < 4.78 is 65.8. The highest BCUT2D eigenvalue weighted by molar-refractivity contribution is 7.92. The smallest absolute Gasteiger partial charge is 0.335 e. The first-order chi connectivity index (χ1) is 25.9. The summed E-state index contributed by atoms with van der Waals surface area (Å²) in [6.45, 7) is -0.981. The summed E-state index contributed by atoms with van der Waals surface area (Å²) >= 11 is 0. The van der Waals surface area contributed by atoms with Crippen LogP contribution in [0.2, 0.25) is 0 Å². The van der Waals surface area contributed by atoms with Gasteiger partial charge in [-0.05, 0) is 60.2 Å². The van der Waals surface area contributed by atoms with Crippen molar-refractivity contribution in [2.75, 3.05) is 17.9 Å². The number of ether oxygens (including phenoxy) is 1. The summed E-state index contributed by atoms with van der Waals surface area (Å²) in [6, 6.07) is 13.0. The second kappa shape index (κ2) is 15.5. The molecule has 0 aliphatic heterocycles. The van der Waals surface area contributed by atoms with E-state index in [0.717, 1.165) is 10.8 Å². The van der Waals surface area contributed by atoms with Gasteiger partial charge in [-0.1, -0.05) is 12.1 Å². The Morgan fingerprint density at radius 2 is 1.61 bits per heavy atom. The monoisotopic (exact) mass is 757 g/mol. The van der Waals surface area contributed by atoms with Crippen LogP contribution in [0.25, 0.3) is 27.8 Å². The van der Waals surface area contributed by atoms with Crippen molar-refractivity contribution in [3.05, 3.63) is 141 Å². The van der Waals surface area contributed by atoms with E-state index in [1.165, 1.54) is 66.5 Å². The number of aromatic nitrogens is 5. The number of aryl methyl sites for hydroxylation is 1. The number of amides is 1.